The highest BCUT2D eigenvalue weighted by atomic mass is 35.5. The third-order valence-electron chi connectivity index (χ3n) is 8.50. The van der Waals surface area contributed by atoms with Crippen molar-refractivity contribution in [3.05, 3.63) is 125 Å². The number of fused-ring (bicyclic) bond motifs is 1. The molecule has 0 saturated heterocycles. The quantitative estimate of drug-likeness (QED) is 0.0584. The largest absolute Gasteiger partial charge is 0.444 e. The number of aromatic nitrogens is 4. The molecule has 61 heavy (non-hydrogen) atoms. The van der Waals surface area contributed by atoms with Crippen LogP contribution in [0.5, 0.6) is 0 Å². The van der Waals surface area contributed by atoms with Crippen molar-refractivity contribution < 1.29 is 45.5 Å². The molecule has 6 N–H and O–H groups in total. The summed E-state index contributed by atoms with van der Waals surface area (Å²) in [5.74, 6) is -0.789. The van der Waals surface area contributed by atoms with E-state index in [1.807, 2.05) is 60.7 Å². The molecule has 3 heterocycles. The normalized spacial score (nSPS) is 12.8. The molecule has 2 aromatic carbocycles. The number of alkyl carbamates (subject to hydrolysis) is 1. The Labute approximate surface area is 354 Å². The van der Waals surface area contributed by atoms with E-state index in [4.69, 9.17) is 10.5 Å². The molecule has 13 nitrogen and oxygen atoms in total. The number of anilines is 1. The molecule has 330 valence electrons. The number of pyridine rings is 2. The zero-order chi connectivity index (χ0) is 44.3. The Morgan fingerprint density at radius 2 is 1.30 bits per heavy atom. The van der Waals surface area contributed by atoms with Gasteiger partial charge in [-0.3, -0.25) is 24.8 Å². The Kier molecular flexibility index (Phi) is 17.0. The first kappa shape index (κ1) is 49.4. The van der Waals surface area contributed by atoms with Crippen LogP contribution in [0.1, 0.15) is 81.6 Å². The Morgan fingerprint density at radius 1 is 0.738 bits per heavy atom. The maximum Gasteiger partial charge on any atom is 0.417 e. The smallest absolute Gasteiger partial charge is 0.417 e. The summed E-state index contributed by atoms with van der Waals surface area (Å²) in [4.78, 5) is 40.8. The fraction of sp³-hybridized carbons (Fsp3) is 0.366. The van der Waals surface area contributed by atoms with E-state index in [2.05, 4.69) is 36.7 Å². The molecule has 0 saturated carbocycles. The van der Waals surface area contributed by atoms with Crippen LogP contribution >= 0.6 is 12.4 Å². The minimum Gasteiger partial charge on any atom is -0.444 e. The molecule has 0 fully saturated rings. The summed E-state index contributed by atoms with van der Waals surface area (Å²) in [6, 6.07) is 21.5. The summed E-state index contributed by atoms with van der Waals surface area (Å²) in [7, 11) is 0. The molecule has 5 aromatic rings. The van der Waals surface area contributed by atoms with Crippen LogP contribution in [0.15, 0.2) is 97.3 Å². The van der Waals surface area contributed by atoms with Crippen LogP contribution in [-0.2, 0) is 39.5 Å². The molecule has 0 aliphatic heterocycles. The third kappa shape index (κ3) is 15.9. The minimum atomic E-state index is -4.51. The van der Waals surface area contributed by atoms with Gasteiger partial charge in [-0.05, 0) is 95.7 Å². The second-order valence-electron chi connectivity index (χ2n) is 15.2. The number of hydrogen-bond acceptors (Lipinski definition) is 9. The number of carbonyl (C=O) groups excluding carboxylic acids is 3. The molecule has 0 aliphatic carbocycles. The van der Waals surface area contributed by atoms with E-state index < -0.39 is 64.6 Å². The van der Waals surface area contributed by atoms with Gasteiger partial charge in [0, 0.05) is 12.4 Å². The first-order valence-electron chi connectivity index (χ1n) is 18.7. The highest BCUT2D eigenvalue weighted by Crippen LogP contribution is 2.31. The van der Waals surface area contributed by atoms with Gasteiger partial charge in [-0.2, -0.15) is 26.3 Å². The molecule has 0 radical (unpaired) electrons. The fourth-order valence-electron chi connectivity index (χ4n) is 5.40. The van der Waals surface area contributed by atoms with E-state index in [-0.39, 0.29) is 36.1 Å². The molecule has 20 heteroatoms. The van der Waals surface area contributed by atoms with Gasteiger partial charge in [0.1, 0.15) is 17.5 Å². The van der Waals surface area contributed by atoms with Crippen LogP contribution in [-0.4, -0.2) is 54.7 Å². The van der Waals surface area contributed by atoms with Crippen LogP contribution in [0.3, 0.4) is 0 Å². The molecule has 1 unspecified atom stereocenters. The van der Waals surface area contributed by atoms with Crippen molar-refractivity contribution in [1.29, 1.82) is 0 Å². The first-order valence-corrected chi connectivity index (χ1v) is 18.7. The van der Waals surface area contributed by atoms with Gasteiger partial charge in [0.05, 0.1) is 22.7 Å². The molecule has 0 spiro atoms. The van der Waals surface area contributed by atoms with Crippen molar-refractivity contribution in [3.8, 4) is 0 Å². The molecular weight excluding hydrogens is 832 g/mol. The number of nitrogens with two attached hydrogens (primary N) is 1. The van der Waals surface area contributed by atoms with Gasteiger partial charge in [-0.25, -0.2) is 9.78 Å². The van der Waals surface area contributed by atoms with E-state index >= 15 is 0 Å². The molecule has 3 aromatic heterocycles. The standard InChI is InChI=1S/C21H25F3N4O3.C20H22F3N5O.ClH/c1-20(2,3)31-19(30)26-16(11-9-14-7-5-4-6-8-14)18(29)28-27-17-12-10-15(13-25-17)21(22,23)24;1-19(2,24)18(29)25-15(10-8-13-6-4-3-5-7-13)17-27-26-16-11-9-14(12-28(16)17)20(21,22)23;/h4-8,10,12-13,16H,9,11H2,1-3H3,(H,25,27)(H,26,30)(H,28,29);3-7,9,11-12,15H,8,10,24H2,1-2H3,(H,25,29);1H/t;15-;/m.1./s1. The van der Waals surface area contributed by atoms with E-state index in [9.17, 15) is 40.7 Å². The van der Waals surface area contributed by atoms with Gasteiger partial charge >= 0.3 is 18.4 Å². The Balaban J connectivity index is 0.000000321. The number of halogens is 7. The van der Waals surface area contributed by atoms with Gasteiger partial charge in [-0.1, -0.05) is 60.7 Å². The average molecular weight is 880 g/mol. The Morgan fingerprint density at radius 3 is 1.80 bits per heavy atom. The molecule has 3 amide bonds. The van der Waals surface area contributed by atoms with Crippen LogP contribution < -0.4 is 27.2 Å². The number of ether oxygens (including phenoxy) is 1. The highest BCUT2D eigenvalue weighted by Gasteiger charge is 2.33. The van der Waals surface area contributed by atoms with Gasteiger partial charge in [0.2, 0.25) is 5.91 Å². The molecular formula is C41H48ClF6N9O4. The van der Waals surface area contributed by atoms with Crippen molar-refractivity contribution in [1.82, 2.24) is 35.6 Å². The lowest BCUT2D eigenvalue weighted by atomic mass is 10.0. The second-order valence-corrected chi connectivity index (χ2v) is 15.2. The Hall–Kier alpha value is -5.95. The topological polar surface area (TPSA) is 178 Å². The second kappa shape index (κ2) is 21.0. The third-order valence-corrected chi connectivity index (χ3v) is 8.50. The number of hydrazine groups is 1. The summed E-state index contributed by atoms with van der Waals surface area (Å²) < 4.78 is 83.8. The molecule has 2 atom stereocenters. The fourth-order valence-corrected chi connectivity index (χ4v) is 5.40. The van der Waals surface area contributed by atoms with E-state index in [0.29, 0.717) is 25.5 Å². The summed E-state index contributed by atoms with van der Waals surface area (Å²) >= 11 is 0. The van der Waals surface area contributed by atoms with Gasteiger partial charge in [-0.15, -0.1) is 22.6 Å². The predicted molar refractivity (Wildman–Crippen MR) is 218 cm³/mol. The number of nitrogens with zero attached hydrogens (tertiary/aromatic N) is 4. The zero-order valence-electron chi connectivity index (χ0n) is 33.9. The van der Waals surface area contributed by atoms with Crippen molar-refractivity contribution in [3.63, 3.8) is 0 Å². The lowest BCUT2D eigenvalue weighted by molar-refractivity contribution is -0.138. The summed E-state index contributed by atoms with van der Waals surface area (Å²) in [5, 5.41) is 13.3. The maximum atomic E-state index is 13.2. The van der Waals surface area contributed by atoms with Crippen LogP contribution in [0.4, 0.5) is 37.0 Å². The maximum absolute atomic E-state index is 13.2. The number of nitrogens with one attached hydrogen (secondary N) is 4. The van der Waals surface area contributed by atoms with E-state index in [0.717, 1.165) is 35.5 Å². The van der Waals surface area contributed by atoms with Gasteiger partial charge in [0.15, 0.2) is 11.5 Å². The van der Waals surface area contributed by atoms with Crippen LogP contribution in [0, 0.1) is 0 Å². The van der Waals surface area contributed by atoms with Crippen LogP contribution in [0.2, 0.25) is 0 Å². The van der Waals surface area contributed by atoms with Crippen molar-refractivity contribution in [2.75, 3.05) is 5.43 Å². The number of hydrogen-bond donors (Lipinski definition) is 5. The molecule has 5 rings (SSSR count). The zero-order valence-corrected chi connectivity index (χ0v) is 34.7. The SMILES string of the molecule is CC(C)(C)OC(=O)NC(CCc1ccccc1)C(=O)NNc1ccc(C(F)(F)F)cn1.CC(C)(N)C(=O)N[C@H](CCc1ccccc1)c1nnc2ccc(C(F)(F)F)cn12.Cl. The van der Waals surface area contributed by atoms with E-state index in [1.165, 1.54) is 10.5 Å². The number of carbonyl (C=O) groups is 3. The van der Waals surface area contributed by atoms with E-state index in [1.54, 1.807) is 34.6 Å². The lowest BCUT2D eigenvalue weighted by Gasteiger charge is -2.23. The van der Waals surface area contributed by atoms with Crippen molar-refractivity contribution in [2.45, 2.75) is 95.9 Å². The number of amides is 3. The Bertz CT molecular complexity index is 2180. The lowest BCUT2D eigenvalue weighted by Crippen LogP contribution is -2.50. The summed E-state index contributed by atoms with van der Waals surface area (Å²) in [6.45, 7) is 8.21. The van der Waals surface area contributed by atoms with Gasteiger partial charge < -0.3 is 21.1 Å². The van der Waals surface area contributed by atoms with Crippen LogP contribution in [0.25, 0.3) is 5.65 Å². The first-order chi connectivity index (χ1) is 28.0. The molecule has 0 aliphatic rings. The minimum absolute atomic E-state index is 0. The summed E-state index contributed by atoms with van der Waals surface area (Å²) in [6.07, 6.45) is -6.38. The number of benzene rings is 2. The monoisotopic (exact) mass is 879 g/mol. The van der Waals surface area contributed by atoms with Gasteiger partial charge in [0.25, 0.3) is 5.91 Å². The number of rotatable bonds is 13. The number of alkyl halides is 6. The van der Waals surface area contributed by atoms with Crippen molar-refractivity contribution >= 4 is 41.8 Å². The number of aryl methyl sites for hydroxylation is 2. The average Bonchev–Trinajstić information content (AvgIpc) is 3.60. The van der Waals surface area contributed by atoms with Crippen molar-refractivity contribution in [2.24, 2.45) is 5.73 Å². The predicted octanol–water partition coefficient (Wildman–Crippen LogP) is 7.77. The highest BCUT2D eigenvalue weighted by molar-refractivity contribution is 5.86. The molecule has 0 bridgehead atoms. The summed E-state index contributed by atoms with van der Waals surface area (Å²) in [5.41, 5.74) is 9.34.